The van der Waals surface area contributed by atoms with Gasteiger partial charge in [0.15, 0.2) is 0 Å². The Hall–Kier alpha value is -2.04. The Balaban J connectivity index is 3.12. The molecule has 74 valence electrons. The molecular weight excluding hydrogens is 184 g/mol. The molecule has 0 aliphatic rings. The van der Waals surface area contributed by atoms with Crippen LogP contribution in [0.4, 0.5) is 0 Å². The van der Waals surface area contributed by atoms with E-state index in [0.717, 1.165) is 0 Å². The number of benzene rings is 1. The number of esters is 1. The van der Waals surface area contributed by atoms with E-state index in [2.05, 4.69) is 9.84 Å². The van der Waals surface area contributed by atoms with Crippen LogP contribution in [0.1, 0.15) is 15.9 Å². The van der Waals surface area contributed by atoms with Crippen molar-refractivity contribution in [1.29, 1.82) is 0 Å². The molecule has 5 nitrogen and oxygen atoms in total. The lowest BCUT2D eigenvalue weighted by molar-refractivity contribution is 0.0600. The van der Waals surface area contributed by atoms with Gasteiger partial charge in [0.1, 0.15) is 5.75 Å². The minimum Gasteiger partial charge on any atom is -0.507 e. The highest BCUT2D eigenvalue weighted by molar-refractivity contribution is 5.93. The molecule has 3 N–H and O–H groups in total. The van der Waals surface area contributed by atoms with Gasteiger partial charge in [0, 0.05) is 5.56 Å². The van der Waals surface area contributed by atoms with Crippen molar-refractivity contribution in [3.63, 3.8) is 0 Å². The third-order valence-electron chi connectivity index (χ3n) is 1.66. The second-order valence-corrected chi connectivity index (χ2v) is 2.54. The molecule has 0 aliphatic carbocycles. The smallest absolute Gasteiger partial charge is 0.337 e. The van der Waals surface area contributed by atoms with E-state index in [-0.39, 0.29) is 5.75 Å². The summed E-state index contributed by atoms with van der Waals surface area (Å²) in [6.45, 7) is 0. The van der Waals surface area contributed by atoms with Crippen molar-refractivity contribution in [3.8, 4) is 5.75 Å². The van der Waals surface area contributed by atoms with Crippen molar-refractivity contribution in [1.82, 2.24) is 0 Å². The topological polar surface area (TPSA) is 84.9 Å². The fourth-order valence-electron chi connectivity index (χ4n) is 0.983. The summed E-state index contributed by atoms with van der Waals surface area (Å²) in [4.78, 5) is 11.1. The lowest BCUT2D eigenvalue weighted by atomic mass is 10.1. The van der Waals surface area contributed by atoms with Crippen LogP contribution in [0.15, 0.2) is 23.3 Å². The van der Waals surface area contributed by atoms with Crippen LogP contribution in [-0.4, -0.2) is 24.4 Å². The predicted molar refractivity (Wildman–Crippen MR) is 51.2 cm³/mol. The van der Waals surface area contributed by atoms with Crippen molar-refractivity contribution in [2.75, 3.05) is 7.11 Å². The van der Waals surface area contributed by atoms with Crippen LogP contribution < -0.4 is 5.84 Å². The van der Waals surface area contributed by atoms with E-state index < -0.39 is 5.97 Å². The number of phenolic OH excluding ortho intramolecular Hbond substituents is 1. The number of hydrogen-bond acceptors (Lipinski definition) is 5. The van der Waals surface area contributed by atoms with Gasteiger partial charge in [-0.1, -0.05) is 0 Å². The first-order valence-corrected chi connectivity index (χ1v) is 3.83. The summed E-state index contributed by atoms with van der Waals surface area (Å²) in [6.07, 6.45) is 1.25. The van der Waals surface area contributed by atoms with Crippen LogP contribution in [-0.2, 0) is 4.74 Å². The Labute approximate surface area is 80.8 Å². The predicted octanol–water partition coefficient (Wildman–Crippen LogP) is 0.471. The molecule has 1 aromatic carbocycles. The third kappa shape index (κ3) is 2.01. The highest BCUT2D eigenvalue weighted by Gasteiger charge is 2.07. The fourth-order valence-corrected chi connectivity index (χ4v) is 0.983. The second-order valence-electron chi connectivity index (χ2n) is 2.54. The first kappa shape index (κ1) is 10.0. The van der Waals surface area contributed by atoms with E-state index in [1.165, 1.54) is 31.5 Å². The summed E-state index contributed by atoms with van der Waals surface area (Å²) in [5, 5.41) is 12.6. The van der Waals surface area contributed by atoms with Crippen LogP contribution in [0.25, 0.3) is 0 Å². The van der Waals surface area contributed by atoms with Gasteiger partial charge in [0.05, 0.1) is 18.9 Å². The van der Waals surface area contributed by atoms with Crippen LogP contribution in [0, 0.1) is 0 Å². The number of carbonyl (C=O) groups is 1. The molecule has 5 heteroatoms. The third-order valence-corrected chi connectivity index (χ3v) is 1.66. The summed E-state index contributed by atoms with van der Waals surface area (Å²) in [6, 6.07) is 4.27. The average molecular weight is 194 g/mol. The highest BCUT2D eigenvalue weighted by Crippen LogP contribution is 2.16. The molecular formula is C9H10N2O3. The Morgan fingerprint density at radius 2 is 2.36 bits per heavy atom. The van der Waals surface area contributed by atoms with Crippen molar-refractivity contribution < 1.29 is 14.6 Å². The molecule has 0 spiro atoms. The molecule has 1 rings (SSSR count). The monoisotopic (exact) mass is 194 g/mol. The maximum absolute atomic E-state index is 11.1. The van der Waals surface area contributed by atoms with Gasteiger partial charge in [-0.25, -0.2) is 4.79 Å². The Bertz CT molecular complexity index is 374. The maximum atomic E-state index is 11.1. The normalized spacial score (nSPS) is 10.4. The van der Waals surface area contributed by atoms with Gasteiger partial charge < -0.3 is 15.7 Å². The average Bonchev–Trinajstić information content (AvgIpc) is 2.20. The van der Waals surface area contributed by atoms with Gasteiger partial charge in [-0.2, -0.15) is 5.10 Å². The van der Waals surface area contributed by atoms with E-state index in [0.29, 0.717) is 11.1 Å². The van der Waals surface area contributed by atoms with E-state index >= 15 is 0 Å². The van der Waals surface area contributed by atoms with E-state index in [4.69, 9.17) is 5.84 Å². The van der Waals surface area contributed by atoms with E-state index in [1.807, 2.05) is 0 Å². The maximum Gasteiger partial charge on any atom is 0.337 e. The number of methoxy groups -OCH3 is 1. The Kier molecular flexibility index (Phi) is 3.06. The zero-order valence-electron chi connectivity index (χ0n) is 7.60. The Morgan fingerprint density at radius 3 is 2.93 bits per heavy atom. The van der Waals surface area contributed by atoms with Gasteiger partial charge in [-0.3, -0.25) is 0 Å². The number of aromatic hydroxyl groups is 1. The number of nitrogens with zero attached hydrogens (tertiary/aromatic N) is 1. The molecule has 0 atom stereocenters. The van der Waals surface area contributed by atoms with Crippen LogP contribution in [0.5, 0.6) is 5.75 Å². The standard InChI is InChI=1S/C9H10N2O3/c1-14-9(13)6-2-3-8(12)7(4-6)5-11-10/h2-5,12H,10H2,1H3/b11-5+. The lowest BCUT2D eigenvalue weighted by Gasteiger charge is -2.01. The zero-order chi connectivity index (χ0) is 10.6. The minimum absolute atomic E-state index is 0.00635. The minimum atomic E-state index is -0.475. The highest BCUT2D eigenvalue weighted by atomic mass is 16.5. The molecule has 0 radical (unpaired) electrons. The summed E-state index contributed by atoms with van der Waals surface area (Å²) in [5.74, 6) is 4.46. The number of carbonyl (C=O) groups excluding carboxylic acids is 1. The molecule has 1 aromatic rings. The van der Waals surface area contributed by atoms with Gasteiger partial charge in [-0.05, 0) is 18.2 Å². The van der Waals surface area contributed by atoms with E-state index in [9.17, 15) is 9.90 Å². The van der Waals surface area contributed by atoms with Crippen molar-refractivity contribution in [2.24, 2.45) is 10.9 Å². The first-order chi connectivity index (χ1) is 6.69. The molecule has 0 unspecified atom stereocenters. The number of nitrogens with two attached hydrogens (primary N) is 1. The summed E-state index contributed by atoms with van der Waals surface area (Å²) >= 11 is 0. The molecule has 14 heavy (non-hydrogen) atoms. The molecule has 0 amide bonds. The first-order valence-electron chi connectivity index (χ1n) is 3.83. The molecule has 0 aromatic heterocycles. The van der Waals surface area contributed by atoms with Crippen LogP contribution >= 0.6 is 0 Å². The molecule has 0 saturated heterocycles. The van der Waals surface area contributed by atoms with Gasteiger partial charge in [-0.15, -0.1) is 0 Å². The number of hydrogen-bond donors (Lipinski definition) is 2. The van der Waals surface area contributed by atoms with E-state index in [1.54, 1.807) is 0 Å². The van der Waals surface area contributed by atoms with Crippen LogP contribution in [0.3, 0.4) is 0 Å². The summed E-state index contributed by atoms with van der Waals surface area (Å²) in [5.41, 5.74) is 0.704. The molecule has 0 bridgehead atoms. The number of hydrazone groups is 1. The van der Waals surface area contributed by atoms with Crippen molar-refractivity contribution in [3.05, 3.63) is 29.3 Å². The second kappa shape index (κ2) is 4.27. The van der Waals surface area contributed by atoms with Crippen molar-refractivity contribution >= 4 is 12.2 Å². The Morgan fingerprint density at radius 1 is 1.64 bits per heavy atom. The fraction of sp³-hybridized carbons (Fsp3) is 0.111. The zero-order valence-corrected chi connectivity index (χ0v) is 7.60. The summed E-state index contributed by atoms with van der Waals surface area (Å²) < 4.78 is 4.51. The number of rotatable bonds is 2. The summed E-state index contributed by atoms with van der Waals surface area (Å²) in [7, 11) is 1.28. The van der Waals surface area contributed by atoms with Crippen molar-refractivity contribution in [2.45, 2.75) is 0 Å². The van der Waals surface area contributed by atoms with Crippen LogP contribution in [0.2, 0.25) is 0 Å². The number of phenols is 1. The van der Waals surface area contributed by atoms with Gasteiger partial charge >= 0.3 is 5.97 Å². The molecule has 0 heterocycles. The molecule has 0 aliphatic heterocycles. The largest absolute Gasteiger partial charge is 0.507 e. The van der Waals surface area contributed by atoms with Gasteiger partial charge in [0.25, 0.3) is 0 Å². The lowest BCUT2D eigenvalue weighted by Crippen LogP contribution is -2.02. The molecule has 0 saturated carbocycles. The number of ether oxygens (including phenoxy) is 1. The van der Waals surface area contributed by atoms with Gasteiger partial charge in [0.2, 0.25) is 0 Å². The SMILES string of the molecule is COC(=O)c1ccc(O)c(/C=N/N)c1. The quantitative estimate of drug-likeness (QED) is 0.310. The molecule has 0 fully saturated rings.